The van der Waals surface area contributed by atoms with Crippen molar-refractivity contribution in [2.75, 3.05) is 11.1 Å². The van der Waals surface area contributed by atoms with Gasteiger partial charge in [0.2, 0.25) is 0 Å². The number of benzene rings is 1. The Morgan fingerprint density at radius 2 is 1.90 bits per heavy atom. The zero-order chi connectivity index (χ0) is 20.7. The number of fused-ring (bicyclic) bond motifs is 2. The number of anilines is 2. The highest BCUT2D eigenvalue weighted by Gasteiger charge is 2.24. The summed E-state index contributed by atoms with van der Waals surface area (Å²) in [6, 6.07) is 16.0. The van der Waals surface area contributed by atoms with Gasteiger partial charge in [0.05, 0.1) is 16.9 Å². The monoisotopic (exact) mass is 430 g/mol. The minimum Gasteiger partial charge on any atom is -0.397 e. The average molecular weight is 431 g/mol. The van der Waals surface area contributed by atoms with Gasteiger partial charge in [-0.3, -0.25) is 4.79 Å². The molecule has 0 atom stereocenters. The number of nitrogen functional groups attached to an aromatic ring is 1. The molecule has 1 amide bonds. The van der Waals surface area contributed by atoms with Crippen molar-refractivity contribution < 1.29 is 4.79 Å². The molecule has 5 nitrogen and oxygen atoms in total. The fourth-order valence-electron chi connectivity index (χ4n) is 3.87. The average Bonchev–Trinajstić information content (AvgIpc) is 3.30. The molecule has 4 aromatic rings. The number of carbonyl (C=O) groups is 1. The van der Waals surface area contributed by atoms with E-state index in [-0.39, 0.29) is 5.91 Å². The summed E-state index contributed by atoms with van der Waals surface area (Å²) in [7, 11) is 0. The molecular formula is C23H18N4OS2. The van der Waals surface area contributed by atoms with Crippen LogP contribution < -0.4 is 11.1 Å². The van der Waals surface area contributed by atoms with E-state index in [1.54, 1.807) is 0 Å². The summed E-state index contributed by atoms with van der Waals surface area (Å²) in [5.74, 6) is -0.285. The third kappa shape index (κ3) is 3.15. The van der Waals surface area contributed by atoms with Gasteiger partial charge in [-0.2, -0.15) is 5.26 Å². The molecule has 0 bridgehead atoms. The Balaban J connectivity index is 1.49. The fraction of sp³-hybridized carbons (Fsp3) is 0.174. The first kappa shape index (κ1) is 18.8. The Labute approximate surface area is 181 Å². The number of carbonyl (C=O) groups excluding carboxylic acids is 1. The quantitative estimate of drug-likeness (QED) is 0.442. The number of rotatable bonds is 3. The van der Waals surface area contributed by atoms with E-state index in [2.05, 4.69) is 11.4 Å². The predicted molar refractivity (Wildman–Crippen MR) is 123 cm³/mol. The summed E-state index contributed by atoms with van der Waals surface area (Å²) in [6.07, 6.45) is 4.10. The molecule has 3 N–H and O–H groups in total. The maximum atomic E-state index is 13.0. The van der Waals surface area contributed by atoms with Gasteiger partial charge in [-0.05, 0) is 43.4 Å². The van der Waals surface area contributed by atoms with Crippen LogP contribution in [-0.4, -0.2) is 10.9 Å². The van der Waals surface area contributed by atoms with E-state index >= 15 is 0 Å². The van der Waals surface area contributed by atoms with Crippen molar-refractivity contribution in [1.82, 2.24) is 4.98 Å². The van der Waals surface area contributed by atoms with Gasteiger partial charge in [0.1, 0.15) is 20.8 Å². The van der Waals surface area contributed by atoms with Gasteiger partial charge in [-0.1, -0.05) is 30.3 Å². The van der Waals surface area contributed by atoms with E-state index < -0.39 is 0 Å². The molecule has 148 valence electrons. The summed E-state index contributed by atoms with van der Waals surface area (Å²) < 4.78 is 0. The van der Waals surface area contributed by atoms with Gasteiger partial charge in [-0.25, -0.2) is 4.98 Å². The molecule has 1 aliphatic carbocycles. The van der Waals surface area contributed by atoms with Crippen molar-refractivity contribution in [2.45, 2.75) is 25.7 Å². The highest BCUT2D eigenvalue weighted by Crippen LogP contribution is 2.39. The van der Waals surface area contributed by atoms with Crippen molar-refractivity contribution in [3.05, 3.63) is 63.3 Å². The van der Waals surface area contributed by atoms with E-state index in [4.69, 9.17) is 10.7 Å². The molecule has 1 aliphatic rings. The number of nitriles is 1. The SMILES string of the molecule is N#Cc1c(NC(=O)c2sc3nc(-c4ccccc4)ccc3c2N)sc2c1CCCC2. The van der Waals surface area contributed by atoms with Crippen LogP contribution in [0.5, 0.6) is 0 Å². The minimum absolute atomic E-state index is 0.285. The number of nitrogens with two attached hydrogens (primary N) is 1. The second-order valence-corrected chi connectivity index (χ2v) is 9.35. The van der Waals surface area contributed by atoms with E-state index in [0.717, 1.165) is 52.7 Å². The van der Waals surface area contributed by atoms with Crippen LogP contribution in [0.25, 0.3) is 21.5 Å². The van der Waals surface area contributed by atoms with Crippen molar-refractivity contribution >= 4 is 49.5 Å². The summed E-state index contributed by atoms with van der Waals surface area (Å²) in [4.78, 5) is 20.1. The van der Waals surface area contributed by atoms with E-state index in [9.17, 15) is 10.1 Å². The minimum atomic E-state index is -0.285. The molecule has 1 aromatic carbocycles. The van der Waals surface area contributed by atoms with Crippen LogP contribution in [0.4, 0.5) is 10.7 Å². The van der Waals surface area contributed by atoms with Crippen LogP contribution >= 0.6 is 22.7 Å². The molecule has 3 aromatic heterocycles. The number of aryl methyl sites for hydroxylation is 1. The van der Waals surface area contributed by atoms with E-state index in [0.29, 0.717) is 21.1 Å². The number of amides is 1. The van der Waals surface area contributed by atoms with Gasteiger partial charge >= 0.3 is 0 Å². The van der Waals surface area contributed by atoms with Crippen molar-refractivity contribution in [1.29, 1.82) is 5.26 Å². The second-order valence-electron chi connectivity index (χ2n) is 7.24. The molecule has 0 aliphatic heterocycles. The number of aromatic nitrogens is 1. The first-order valence-electron chi connectivity index (χ1n) is 9.76. The van der Waals surface area contributed by atoms with Gasteiger partial charge in [0, 0.05) is 15.8 Å². The van der Waals surface area contributed by atoms with Crippen LogP contribution in [-0.2, 0) is 12.8 Å². The third-order valence-corrected chi connectivity index (χ3v) is 7.70. The highest BCUT2D eigenvalue weighted by molar-refractivity contribution is 7.21. The van der Waals surface area contributed by atoms with Crippen LogP contribution in [0.1, 0.15) is 38.5 Å². The third-order valence-electron chi connectivity index (χ3n) is 5.38. The Morgan fingerprint density at radius 1 is 1.10 bits per heavy atom. The molecule has 30 heavy (non-hydrogen) atoms. The molecule has 0 saturated carbocycles. The van der Waals surface area contributed by atoms with Crippen LogP contribution in [0, 0.1) is 11.3 Å². The Bertz CT molecular complexity index is 1310. The molecule has 0 radical (unpaired) electrons. The van der Waals surface area contributed by atoms with Crippen LogP contribution in [0.3, 0.4) is 0 Å². The predicted octanol–water partition coefficient (Wildman–Crippen LogP) is 5.61. The number of nitrogens with zero attached hydrogens (tertiary/aromatic N) is 2. The van der Waals surface area contributed by atoms with Gasteiger partial charge in [0.25, 0.3) is 5.91 Å². The number of nitrogens with one attached hydrogen (secondary N) is 1. The standard InChI is InChI=1S/C23H18N4OS2/c24-12-16-14-8-4-5-9-18(14)29-23(16)27-21(28)20-19(25)15-10-11-17(26-22(15)30-20)13-6-2-1-3-7-13/h1-3,6-7,10-11H,4-5,8-9,25H2,(H,27,28). The van der Waals surface area contributed by atoms with E-state index in [1.807, 2.05) is 42.5 Å². The summed E-state index contributed by atoms with van der Waals surface area (Å²) >= 11 is 2.80. The van der Waals surface area contributed by atoms with Gasteiger partial charge in [0.15, 0.2) is 0 Å². The first-order valence-corrected chi connectivity index (χ1v) is 11.4. The molecule has 5 rings (SSSR count). The van der Waals surface area contributed by atoms with Crippen molar-refractivity contribution in [3.63, 3.8) is 0 Å². The topological polar surface area (TPSA) is 91.8 Å². The summed E-state index contributed by atoms with van der Waals surface area (Å²) in [5, 5.41) is 14.0. The number of hydrogen-bond donors (Lipinski definition) is 2. The van der Waals surface area contributed by atoms with Crippen LogP contribution in [0.2, 0.25) is 0 Å². The molecule has 0 unspecified atom stereocenters. The lowest BCUT2D eigenvalue weighted by atomic mass is 9.96. The molecule has 0 fully saturated rings. The molecular weight excluding hydrogens is 412 g/mol. The largest absolute Gasteiger partial charge is 0.397 e. The molecule has 7 heteroatoms. The molecule has 0 spiro atoms. The Kier molecular flexibility index (Phi) is 4.74. The zero-order valence-electron chi connectivity index (χ0n) is 16.1. The Hall–Kier alpha value is -3.21. The van der Waals surface area contributed by atoms with Crippen LogP contribution in [0.15, 0.2) is 42.5 Å². The van der Waals surface area contributed by atoms with E-state index in [1.165, 1.54) is 27.6 Å². The van der Waals surface area contributed by atoms with Gasteiger partial charge in [-0.15, -0.1) is 22.7 Å². The zero-order valence-corrected chi connectivity index (χ0v) is 17.7. The second kappa shape index (κ2) is 7.56. The number of thiophene rings is 2. The molecule has 0 saturated heterocycles. The first-order chi connectivity index (χ1) is 14.7. The van der Waals surface area contributed by atoms with Crippen molar-refractivity contribution in [3.8, 4) is 17.3 Å². The summed E-state index contributed by atoms with van der Waals surface area (Å²) in [6.45, 7) is 0. The molecule has 3 heterocycles. The van der Waals surface area contributed by atoms with Gasteiger partial charge < -0.3 is 11.1 Å². The number of hydrogen-bond acceptors (Lipinski definition) is 6. The highest BCUT2D eigenvalue weighted by atomic mass is 32.1. The maximum Gasteiger partial charge on any atom is 0.268 e. The smallest absolute Gasteiger partial charge is 0.268 e. The lowest BCUT2D eigenvalue weighted by Crippen LogP contribution is -2.12. The fourth-order valence-corrected chi connectivity index (χ4v) is 6.09. The van der Waals surface area contributed by atoms with Crippen molar-refractivity contribution in [2.24, 2.45) is 0 Å². The maximum absolute atomic E-state index is 13.0. The Morgan fingerprint density at radius 3 is 2.70 bits per heavy atom. The summed E-state index contributed by atoms with van der Waals surface area (Å²) in [5.41, 5.74) is 10.3. The number of pyridine rings is 1. The lowest BCUT2D eigenvalue weighted by molar-refractivity contribution is 0.103. The lowest BCUT2D eigenvalue weighted by Gasteiger charge is -2.09. The normalized spacial score (nSPS) is 13.0.